The fourth-order valence-electron chi connectivity index (χ4n) is 1.27. The molecular weight excluding hydrogens is 289 g/mol. The molecule has 2 nitrogen and oxygen atoms in total. The SMILES string of the molecule is COc1ccc([C@H](N)C(C)C)cc1I. The lowest BCUT2D eigenvalue weighted by molar-refractivity contribution is 0.411. The molecule has 0 unspecified atom stereocenters. The molecule has 1 aromatic rings. The van der Waals surface area contributed by atoms with Crippen molar-refractivity contribution in [2.45, 2.75) is 19.9 Å². The summed E-state index contributed by atoms with van der Waals surface area (Å²) in [5.74, 6) is 1.37. The highest BCUT2D eigenvalue weighted by Crippen LogP contribution is 2.26. The van der Waals surface area contributed by atoms with Crippen LogP contribution in [0.25, 0.3) is 0 Å². The Hall–Kier alpha value is -0.290. The third kappa shape index (κ3) is 2.60. The molecule has 0 bridgehead atoms. The van der Waals surface area contributed by atoms with E-state index in [4.69, 9.17) is 10.5 Å². The summed E-state index contributed by atoms with van der Waals surface area (Å²) in [5.41, 5.74) is 7.23. The first-order chi connectivity index (χ1) is 6.56. The van der Waals surface area contributed by atoms with Gasteiger partial charge < -0.3 is 10.5 Å². The van der Waals surface area contributed by atoms with Crippen LogP contribution in [0.4, 0.5) is 0 Å². The van der Waals surface area contributed by atoms with Crippen LogP contribution in [0.15, 0.2) is 18.2 Å². The summed E-state index contributed by atoms with van der Waals surface area (Å²) in [6.45, 7) is 4.25. The second kappa shape index (κ2) is 4.98. The van der Waals surface area contributed by atoms with Crippen LogP contribution in [-0.4, -0.2) is 7.11 Å². The minimum atomic E-state index is 0.106. The average Bonchev–Trinajstić information content (AvgIpc) is 2.16. The second-order valence-electron chi connectivity index (χ2n) is 3.66. The van der Waals surface area contributed by atoms with Crippen molar-refractivity contribution in [3.63, 3.8) is 0 Å². The molecule has 0 heterocycles. The van der Waals surface area contributed by atoms with Gasteiger partial charge in [-0.1, -0.05) is 19.9 Å². The predicted molar refractivity (Wildman–Crippen MR) is 67.5 cm³/mol. The van der Waals surface area contributed by atoms with Crippen LogP contribution in [0.5, 0.6) is 5.75 Å². The number of rotatable bonds is 3. The minimum absolute atomic E-state index is 0.106. The van der Waals surface area contributed by atoms with Crippen LogP contribution in [0.1, 0.15) is 25.5 Å². The lowest BCUT2D eigenvalue weighted by atomic mass is 9.97. The zero-order valence-electron chi connectivity index (χ0n) is 8.75. The normalized spacial score (nSPS) is 13.0. The number of ether oxygens (including phenoxy) is 1. The Balaban J connectivity index is 2.96. The summed E-state index contributed by atoms with van der Waals surface area (Å²) in [6.07, 6.45) is 0. The molecule has 1 aromatic carbocycles. The molecule has 2 N–H and O–H groups in total. The highest BCUT2D eigenvalue weighted by atomic mass is 127. The van der Waals surface area contributed by atoms with E-state index >= 15 is 0 Å². The Bertz CT molecular complexity index is 312. The zero-order chi connectivity index (χ0) is 10.7. The molecule has 1 rings (SSSR count). The van der Waals surface area contributed by atoms with Crippen molar-refractivity contribution in [3.05, 3.63) is 27.3 Å². The Morgan fingerprint density at radius 2 is 2.00 bits per heavy atom. The molecule has 0 saturated carbocycles. The van der Waals surface area contributed by atoms with E-state index in [2.05, 4.69) is 42.5 Å². The number of benzene rings is 1. The highest BCUT2D eigenvalue weighted by Gasteiger charge is 2.11. The number of methoxy groups -OCH3 is 1. The van der Waals surface area contributed by atoms with Gasteiger partial charge in [0.25, 0.3) is 0 Å². The molecule has 0 saturated heterocycles. The molecule has 0 aliphatic heterocycles. The molecule has 3 heteroatoms. The van der Waals surface area contributed by atoms with E-state index in [9.17, 15) is 0 Å². The van der Waals surface area contributed by atoms with Crippen molar-refractivity contribution in [2.24, 2.45) is 11.7 Å². The molecule has 0 aliphatic rings. The molecule has 0 radical (unpaired) electrons. The van der Waals surface area contributed by atoms with Gasteiger partial charge in [0.2, 0.25) is 0 Å². The predicted octanol–water partition coefficient (Wildman–Crippen LogP) is 2.96. The van der Waals surface area contributed by atoms with Crippen LogP contribution in [-0.2, 0) is 0 Å². The van der Waals surface area contributed by atoms with Crippen molar-refractivity contribution in [1.29, 1.82) is 0 Å². The number of halogens is 1. The summed E-state index contributed by atoms with van der Waals surface area (Å²) in [7, 11) is 1.68. The molecule has 0 fully saturated rings. The maximum absolute atomic E-state index is 6.05. The third-order valence-electron chi connectivity index (χ3n) is 2.28. The van der Waals surface area contributed by atoms with Crippen molar-refractivity contribution in [2.75, 3.05) is 7.11 Å². The summed E-state index contributed by atoms with van der Waals surface area (Å²) in [6, 6.07) is 6.20. The first kappa shape index (κ1) is 11.8. The Labute approximate surface area is 99.0 Å². The monoisotopic (exact) mass is 305 g/mol. The van der Waals surface area contributed by atoms with Gasteiger partial charge in [0.1, 0.15) is 5.75 Å². The van der Waals surface area contributed by atoms with E-state index in [0.29, 0.717) is 5.92 Å². The van der Waals surface area contributed by atoms with Gasteiger partial charge in [0, 0.05) is 6.04 Å². The van der Waals surface area contributed by atoms with Crippen LogP contribution in [0.3, 0.4) is 0 Å². The highest BCUT2D eigenvalue weighted by molar-refractivity contribution is 14.1. The molecule has 0 spiro atoms. The molecule has 0 amide bonds. The van der Waals surface area contributed by atoms with Crippen LogP contribution >= 0.6 is 22.6 Å². The first-order valence-corrected chi connectivity index (χ1v) is 5.73. The summed E-state index contributed by atoms with van der Waals surface area (Å²) < 4.78 is 6.30. The van der Waals surface area contributed by atoms with E-state index in [1.165, 1.54) is 5.56 Å². The second-order valence-corrected chi connectivity index (χ2v) is 4.83. The summed E-state index contributed by atoms with van der Waals surface area (Å²) in [4.78, 5) is 0. The maximum atomic E-state index is 6.05. The molecule has 0 aromatic heterocycles. The summed E-state index contributed by atoms with van der Waals surface area (Å²) in [5, 5.41) is 0. The van der Waals surface area contributed by atoms with E-state index in [1.807, 2.05) is 12.1 Å². The Morgan fingerprint density at radius 1 is 1.36 bits per heavy atom. The van der Waals surface area contributed by atoms with Crippen molar-refractivity contribution in [1.82, 2.24) is 0 Å². The van der Waals surface area contributed by atoms with Crippen molar-refractivity contribution in [3.8, 4) is 5.75 Å². The number of nitrogens with two attached hydrogens (primary N) is 1. The lowest BCUT2D eigenvalue weighted by Crippen LogP contribution is -2.16. The van der Waals surface area contributed by atoms with Gasteiger partial charge in [-0.3, -0.25) is 0 Å². The quantitative estimate of drug-likeness (QED) is 0.872. The Morgan fingerprint density at radius 3 is 2.43 bits per heavy atom. The Kier molecular flexibility index (Phi) is 4.19. The van der Waals surface area contributed by atoms with Gasteiger partial charge in [0.15, 0.2) is 0 Å². The fourth-order valence-corrected chi connectivity index (χ4v) is 2.03. The third-order valence-corrected chi connectivity index (χ3v) is 3.12. The maximum Gasteiger partial charge on any atom is 0.132 e. The van der Waals surface area contributed by atoms with Gasteiger partial charge in [-0.25, -0.2) is 0 Å². The zero-order valence-corrected chi connectivity index (χ0v) is 10.9. The molecular formula is C11H16INO. The molecule has 0 aliphatic carbocycles. The van der Waals surface area contributed by atoms with Gasteiger partial charge in [-0.05, 0) is 46.2 Å². The first-order valence-electron chi connectivity index (χ1n) is 4.65. The summed E-state index contributed by atoms with van der Waals surface area (Å²) >= 11 is 2.26. The largest absolute Gasteiger partial charge is 0.496 e. The molecule has 78 valence electrons. The van der Waals surface area contributed by atoms with E-state index in [1.54, 1.807) is 7.11 Å². The number of hydrogen-bond acceptors (Lipinski definition) is 2. The van der Waals surface area contributed by atoms with E-state index < -0.39 is 0 Å². The van der Waals surface area contributed by atoms with Gasteiger partial charge in [0.05, 0.1) is 10.7 Å². The topological polar surface area (TPSA) is 35.2 Å². The lowest BCUT2D eigenvalue weighted by Gasteiger charge is -2.16. The van der Waals surface area contributed by atoms with Crippen LogP contribution in [0, 0.1) is 9.49 Å². The van der Waals surface area contributed by atoms with E-state index in [-0.39, 0.29) is 6.04 Å². The average molecular weight is 305 g/mol. The van der Waals surface area contributed by atoms with Gasteiger partial charge in [-0.2, -0.15) is 0 Å². The molecule has 1 atom stereocenters. The fraction of sp³-hybridized carbons (Fsp3) is 0.455. The van der Waals surface area contributed by atoms with Crippen molar-refractivity contribution < 1.29 is 4.74 Å². The molecule has 14 heavy (non-hydrogen) atoms. The van der Waals surface area contributed by atoms with Gasteiger partial charge >= 0.3 is 0 Å². The smallest absolute Gasteiger partial charge is 0.132 e. The van der Waals surface area contributed by atoms with Crippen LogP contribution < -0.4 is 10.5 Å². The standard InChI is InChI=1S/C11H16INO/c1-7(2)11(13)8-4-5-10(14-3)9(12)6-8/h4-7,11H,13H2,1-3H3/t11-/m1/s1. The van der Waals surface area contributed by atoms with Crippen LogP contribution in [0.2, 0.25) is 0 Å². The van der Waals surface area contributed by atoms with E-state index in [0.717, 1.165) is 9.32 Å². The van der Waals surface area contributed by atoms with Crippen molar-refractivity contribution >= 4 is 22.6 Å². The number of hydrogen-bond donors (Lipinski definition) is 1. The minimum Gasteiger partial charge on any atom is -0.496 e. The van der Waals surface area contributed by atoms with Gasteiger partial charge in [-0.15, -0.1) is 0 Å².